The second-order valence-electron chi connectivity index (χ2n) is 5.72. The Morgan fingerprint density at radius 1 is 0.920 bits per heavy atom. The highest BCUT2D eigenvalue weighted by molar-refractivity contribution is 6.01. The molecule has 0 aromatic heterocycles. The van der Waals surface area contributed by atoms with E-state index in [1.54, 1.807) is 24.3 Å². The Hall–Kier alpha value is -3.14. The van der Waals surface area contributed by atoms with Crippen LogP contribution < -0.4 is 5.32 Å². The molecule has 0 unspecified atom stereocenters. The third-order valence-corrected chi connectivity index (χ3v) is 4.11. The predicted octanol–water partition coefficient (Wildman–Crippen LogP) is 4.20. The minimum atomic E-state index is -0.468. The summed E-state index contributed by atoms with van der Waals surface area (Å²) >= 11 is 0. The average molecular weight is 333 g/mol. The quantitative estimate of drug-likeness (QED) is 0.712. The highest BCUT2D eigenvalue weighted by Crippen LogP contribution is 2.21. The lowest BCUT2D eigenvalue weighted by molar-refractivity contribution is -0.116. The molecule has 1 N–H and O–H groups in total. The minimum Gasteiger partial charge on any atom is -0.465 e. The number of carbonyl (C=O) groups excluding carboxylic acids is 2. The van der Waals surface area contributed by atoms with E-state index >= 15 is 0 Å². The van der Waals surface area contributed by atoms with Crippen molar-refractivity contribution in [1.29, 1.82) is 0 Å². The number of amides is 1. The van der Waals surface area contributed by atoms with Crippen molar-refractivity contribution in [3.63, 3.8) is 0 Å². The third kappa shape index (κ3) is 3.86. The van der Waals surface area contributed by atoms with Gasteiger partial charge in [-0.2, -0.15) is 0 Å². The van der Waals surface area contributed by atoms with Gasteiger partial charge in [0.1, 0.15) is 0 Å². The molecule has 3 rings (SSSR count). The number of methoxy groups -OCH3 is 1. The number of hydrogen-bond donors (Lipinski definition) is 1. The molecule has 3 aromatic carbocycles. The normalized spacial score (nSPS) is 10.4. The van der Waals surface area contributed by atoms with Crippen molar-refractivity contribution in [3.05, 3.63) is 77.9 Å². The lowest BCUT2D eigenvalue weighted by Gasteiger charge is -2.10. The van der Waals surface area contributed by atoms with Crippen molar-refractivity contribution < 1.29 is 14.3 Å². The largest absolute Gasteiger partial charge is 0.465 e. The second kappa shape index (κ2) is 7.62. The Morgan fingerprint density at radius 2 is 1.64 bits per heavy atom. The van der Waals surface area contributed by atoms with Gasteiger partial charge in [0.15, 0.2) is 0 Å². The number of hydrogen-bond acceptors (Lipinski definition) is 3. The van der Waals surface area contributed by atoms with Crippen molar-refractivity contribution in [2.24, 2.45) is 0 Å². The number of anilines is 1. The lowest BCUT2D eigenvalue weighted by atomic mass is 10.0. The molecule has 0 spiro atoms. The fraction of sp³-hybridized carbons (Fsp3) is 0.143. The first-order chi connectivity index (χ1) is 12.2. The van der Waals surface area contributed by atoms with Gasteiger partial charge in [0, 0.05) is 6.42 Å². The van der Waals surface area contributed by atoms with E-state index in [0.29, 0.717) is 24.1 Å². The van der Waals surface area contributed by atoms with Gasteiger partial charge in [0.05, 0.1) is 18.4 Å². The molecule has 0 radical (unpaired) electrons. The summed E-state index contributed by atoms with van der Waals surface area (Å²) in [6, 6.07) is 21.1. The van der Waals surface area contributed by atoms with Crippen LogP contribution in [0.1, 0.15) is 22.3 Å². The molecule has 0 saturated carbocycles. The number of nitrogens with one attached hydrogen (secondary N) is 1. The maximum atomic E-state index is 12.3. The molecule has 1 amide bonds. The van der Waals surface area contributed by atoms with Gasteiger partial charge in [0.2, 0.25) is 5.91 Å². The molecule has 126 valence electrons. The van der Waals surface area contributed by atoms with Crippen LogP contribution in [0.15, 0.2) is 66.7 Å². The highest BCUT2D eigenvalue weighted by Gasteiger charge is 2.13. The van der Waals surface area contributed by atoms with E-state index in [4.69, 9.17) is 4.74 Å². The number of esters is 1. The number of benzene rings is 3. The molecule has 0 aliphatic carbocycles. The van der Waals surface area contributed by atoms with Crippen molar-refractivity contribution in [3.8, 4) is 0 Å². The van der Waals surface area contributed by atoms with Gasteiger partial charge >= 0.3 is 5.97 Å². The molecule has 3 aromatic rings. The summed E-state index contributed by atoms with van der Waals surface area (Å²) in [7, 11) is 1.32. The topological polar surface area (TPSA) is 55.4 Å². The number of ether oxygens (including phenoxy) is 1. The SMILES string of the molecule is COC(=O)c1ccccc1NC(=O)CCc1cccc2ccccc12. The van der Waals surface area contributed by atoms with Gasteiger partial charge in [-0.25, -0.2) is 4.79 Å². The predicted molar refractivity (Wildman–Crippen MR) is 98.7 cm³/mol. The van der Waals surface area contributed by atoms with E-state index in [0.717, 1.165) is 16.3 Å². The van der Waals surface area contributed by atoms with E-state index < -0.39 is 5.97 Å². The van der Waals surface area contributed by atoms with Crippen molar-refractivity contribution >= 4 is 28.3 Å². The van der Waals surface area contributed by atoms with E-state index in [9.17, 15) is 9.59 Å². The molecular weight excluding hydrogens is 314 g/mol. The Balaban J connectivity index is 1.71. The Bertz CT molecular complexity index is 912. The first-order valence-corrected chi connectivity index (χ1v) is 8.13. The minimum absolute atomic E-state index is 0.135. The first kappa shape index (κ1) is 16.7. The molecule has 0 atom stereocenters. The summed E-state index contributed by atoms with van der Waals surface area (Å²) in [6.45, 7) is 0. The molecule has 0 bridgehead atoms. The summed E-state index contributed by atoms with van der Waals surface area (Å²) in [5, 5.41) is 5.13. The summed E-state index contributed by atoms with van der Waals surface area (Å²) < 4.78 is 4.75. The van der Waals surface area contributed by atoms with Crippen LogP contribution in [0.3, 0.4) is 0 Å². The fourth-order valence-electron chi connectivity index (χ4n) is 2.85. The molecule has 0 fully saturated rings. The van der Waals surface area contributed by atoms with E-state index in [2.05, 4.69) is 23.5 Å². The van der Waals surface area contributed by atoms with Crippen LogP contribution in [0.2, 0.25) is 0 Å². The Labute approximate surface area is 146 Å². The lowest BCUT2D eigenvalue weighted by Crippen LogP contribution is -2.15. The summed E-state index contributed by atoms with van der Waals surface area (Å²) in [5.74, 6) is -0.603. The summed E-state index contributed by atoms with van der Waals surface area (Å²) in [4.78, 5) is 24.1. The van der Waals surface area contributed by atoms with Crippen LogP contribution in [0, 0.1) is 0 Å². The van der Waals surface area contributed by atoms with Crippen LogP contribution in [-0.4, -0.2) is 19.0 Å². The monoisotopic (exact) mass is 333 g/mol. The third-order valence-electron chi connectivity index (χ3n) is 4.11. The van der Waals surface area contributed by atoms with Crippen LogP contribution in [-0.2, 0) is 16.0 Å². The van der Waals surface area contributed by atoms with E-state index in [1.807, 2.05) is 24.3 Å². The molecule has 0 aliphatic rings. The first-order valence-electron chi connectivity index (χ1n) is 8.13. The van der Waals surface area contributed by atoms with Crippen molar-refractivity contribution in [2.45, 2.75) is 12.8 Å². The van der Waals surface area contributed by atoms with Crippen LogP contribution >= 0.6 is 0 Å². The molecule has 25 heavy (non-hydrogen) atoms. The van der Waals surface area contributed by atoms with Gasteiger partial charge in [-0.15, -0.1) is 0 Å². The Morgan fingerprint density at radius 3 is 2.48 bits per heavy atom. The highest BCUT2D eigenvalue weighted by atomic mass is 16.5. The van der Waals surface area contributed by atoms with Crippen molar-refractivity contribution in [1.82, 2.24) is 0 Å². The van der Waals surface area contributed by atoms with Gasteiger partial charge in [-0.05, 0) is 34.9 Å². The number of carbonyl (C=O) groups is 2. The number of fused-ring (bicyclic) bond motifs is 1. The van der Waals surface area contributed by atoms with Gasteiger partial charge < -0.3 is 10.1 Å². The zero-order valence-electron chi connectivity index (χ0n) is 14.0. The standard InChI is InChI=1S/C21H19NO3/c1-25-21(24)18-11-4-5-12-19(18)22-20(23)14-13-16-9-6-8-15-7-2-3-10-17(15)16/h2-12H,13-14H2,1H3,(H,22,23). The van der Waals surface area contributed by atoms with Gasteiger partial charge in [-0.1, -0.05) is 54.6 Å². The molecule has 4 heteroatoms. The van der Waals surface area contributed by atoms with Crippen LogP contribution in [0.4, 0.5) is 5.69 Å². The molecule has 0 heterocycles. The number of para-hydroxylation sites is 1. The van der Waals surface area contributed by atoms with Crippen molar-refractivity contribution in [2.75, 3.05) is 12.4 Å². The fourth-order valence-corrected chi connectivity index (χ4v) is 2.85. The second-order valence-corrected chi connectivity index (χ2v) is 5.72. The van der Waals surface area contributed by atoms with E-state index in [-0.39, 0.29) is 5.91 Å². The van der Waals surface area contributed by atoms with Crippen LogP contribution in [0.5, 0.6) is 0 Å². The van der Waals surface area contributed by atoms with Crippen LogP contribution in [0.25, 0.3) is 10.8 Å². The van der Waals surface area contributed by atoms with Gasteiger partial charge in [-0.3, -0.25) is 4.79 Å². The maximum Gasteiger partial charge on any atom is 0.339 e. The summed E-state index contributed by atoms with van der Waals surface area (Å²) in [5.41, 5.74) is 1.95. The zero-order chi connectivity index (χ0) is 17.6. The average Bonchev–Trinajstić information content (AvgIpc) is 2.66. The van der Waals surface area contributed by atoms with Gasteiger partial charge in [0.25, 0.3) is 0 Å². The smallest absolute Gasteiger partial charge is 0.339 e. The van der Waals surface area contributed by atoms with E-state index in [1.165, 1.54) is 7.11 Å². The Kier molecular flexibility index (Phi) is 5.09. The molecule has 4 nitrogen and oxygen atoms in total. The molecule has 0 saturated heterocycles. The summed E-state index contributed by atoms with van der Waals surface area (Å²) in [6.07, 6.45) is 0.969. The molecular formula is C21H19NO3. The molecule has 0 aliphatic heterocycles. The number of aryl methyl sites for hydroxylation is 1. The maximum absolute atomic E-state index is 12.3. The zero-order valence-corrected chi connectivity index (χ0v) is 14.0. The number of rotatable bonds is 5.